The van der Waals surface area contributed by atoms with Crippen LogP contribution in [0.1, 0.15) is 64.3 Å². The first-order chi connectivity index (χ1) is 15.1. The normalized spacial score (nSPS) is 13.5. The molecule has 1 aromatic carbocycles. The topological polar surface area (TPSA) is 108 Å². The highest BCUT2D eigenvalue weighted by Gasteiger charge is 2.36. The summed E-state index contributed by atoms with van der Waals surface area (Å²) in [6.07, 6.45) is 0.662. The fourth-order valence-corrected chi connectivity index (χ4v) is 3.38. The van der Waals surface area contributed by atoms with Crippen molar-refractivity contribution in [2.45, 2.75) is 78.6 Å². The molecular weight excluding hydrogens is 422 g/mol. The number of aliphatic hydroxyl groups is 1. The van der Waals surface area contributed by atoms with Crippen LogP contribution in [-0.4, -0.2) is 58.2 Å². The first-order valence-electron chi connectivity index (χ1n) is 11.0. The first kappa shape index (κ1) is 28.2. The highest BCUT2D eigenvalue weighted by Crippen LogP contribution is 2.25. The second-order valence-corrected chi connectivity index (χ2v) is 10.2. The minimum absolute atomic E-state index is 0.0283. The average Bonchev–Trinajstić information content (AvgIpc) is 2.61. The van der Waals surface area contributed by atoms with Gasteiger partial charge in [-0.1, -0.05) is 35.4 Å². The second kappa shape index (κ2) is 11.3. The Labute approximate surface area is 197 Å². The molecule has 0 aliphatic rings. The predicted octanol–water partition coefficient (Wildman–Crippen LogP) is 3.16. The smallest absolute Gasteiger partial charge is 0.408 e. The third kappa shape index (κ3) is 9.26. The van der Waals surface area contributed by atoms with Crippen LogP contribution in [0.15, 0.2) is 30.9 Å². The summed E-state index contributed by atoms with van der Waals surface area (Å²) >= 11 is 0. The number of ether oxygens (including phenoxy) is 1. The molecule has 8 heteroatoms. The van der Waals surface area contributed by atoms with Crippen molar-refractivity contribution in [2.75, 3.05) is 13.2 Å². The van der Waals surface area contributed by atoms with E-state index in [1.54, 1.807) is 20.8 Å². The average molecular weight is 462 g/mol. The van der Waals surface area contributed by atoms with Gasteiger partial charge in [-0.05, 0) is 61.0 Å². The Balaban J connectivity index is 3.44. The lowest BCUT2D eigenvalue weighted by molar-refractivity contribution is -0.143. The summed E-state index contributed by atoms with van der Waals surface area (Å²) in [6.45, 7) is 17.5. The van der Waals surface area contributed by atoms with Crippen LogP contribution in [0.4, 0.5) is 4.79 Å². The molecule has 0 saturated heterocycles. The van der Waals surface area contributed by atoms with E-state index in [2.05, 4.69) is 17.2 Å². The summed E-state index contributed by atoms with van der Waals surface area (Å²) in [7, 11) is 0. The standard InChI is InChI=1S/C25H39N3O5/c1-10-11-28(22(31)19(15-29)26-23(32)33-25(7,8)9)20(21(30)27-24(4,5)6)18-13-16(2)12-17(3)14-18/h10,12-14,19-20,29H,1,11,15H2,2-9H3,(H,26,32)(H,27,30). The quantitative estimate of drug-likeness (QED) is 0.516. The van der Waals surface area contributed by atoms with E-state index < -0.39 is 41.8 Å². The van der Waals surface area contributed by atoms with Crippen LogP contribution in [-0.2, 0) is 14.3 Å². The van der Waals surface area contributed by atoms with Crippen molar-refractivity contribution in [1.29, 1.82) is 0 Å². The molecule has 0 heterocycles. The zero-order valence-electron chi connectivity index (χ0n) is 21.1. The summed E-state index contributed by atoms with van der Waals surface area (Å²) < 4.78 is 5.22. The lowest BCUT2D eigenvalue weighted by atomic mass is 9.97. The van der Waals surface area contributed by atoms with Gasteiger partial charge in [0.05, 0.1) is 6.61 Å². The van der Waals surface area contributed by atoms with Gasteiger partial charge in [-0.25, -0.2) is 4.79 Å². The Morgan fingerprint density at radius 1 is 1.09 bits per heavy atom. The second-order valence-electron chi connectivity index (χ2n) is 10.2. The van der Waals surface area contributed by atoms with Gasteiger partial charge in [0.1, 0.15) is 17.7 Å². The Bertz CT molecular complexity index is 848. The highest BCUT2D eigenvalue weighted by molar-refractivity contribution is 5.92. The summed E-state index contributed by atoms with van der Waals surface area (Å²) in [5.74, 6) is -1.01. The van der Waals surface area contributed by atoms with E-state index in [9.17, 15) is 19.5 Å². The number of carbonyl (C=O) groups is 3. The Morgan fingerprint density at radius 2 is 1.64 bits per heavy atom. The van der Waals surface area contributed by atoms with E-state index in [0.29, 0.717) is 5.56 Å². The van der Waals surface area contributed by atoms with E-state index in [4.69, 9.17) is 4.74 Å². The Hall–Kier alpha value is -2.87. The van der Waals surface area contributed by atoms with Crippen molar-refractivity contribution in [3.63, 3.8) is 0 Å². The van der Waals surface area contributed by atoms with Crippen molar-refractivity contribution in [3.8, 4) is 0 Å². The molecule has 33 heavy (non-hydrogen) atoms. The summed E-state index contributed by atoms with van der Waals surface area (Å²) in [5, 5.41) is 15.2. The molecule has 2 atom stereocenters. The van der Waals surface area contributed by atoms with E-state index in [1.807, 2.05) is 52.8 Å². The molecule has 3 N–H and O–H groups in total. The largest absolute Gasteiger partial charge is 0.444 e. The van der Waals surface area contributed by atoms with Gasteiger partial charge < -0.3 is 25.4 Å². The molecule has 0 aromatic heterocycles. The van der Waals surface area contributed by atoms with Gasteiger partial charge in [0.25, 0.3) is 0 Å². The number of nitrogens with zero attached hydrogens (tertiary/aromatic N) is 1. The highest BCUT2D eigenvalue weighted by atomic mass is 16.6. The maximum Gasteiger partial charge on any atom is 0.408 e. The SMILES string of the molecule is C=CCN(C(=O)C(CO)NC(=O)OC(C)(C)C)C(C(=O)NC(C)(C)C)c1cc(C)cc(C)c1. The van der Waals surface area contributed by atoms with Gasteiger partial charge in [0.15, 0.2) is 0 Å². The zero-order chi connectivity index (χ0) is 25.6. The van der Waals surface area contributed by atoms with Gasteiger partial charge in [-0.15, -0.1) is 6.58 Å². The predicted molar refractivity (Wildman–Crippen MR) is 129 cm³/mol. The number of carbonyl (C=O) groups excluding carboxylic acids is 3. The number of amides is 3. The lowest BCUT2D eigenvalue weighted by Crippen LogP contribution is -2.55. The molecule has 0 spiro atoms. The van der Waals surface area contributed by atoms with Crippen molar-refractivity contribution in [2.24, 2.45) is 0 Å². The molecule has 184 valence electrons. The van der Waals surface area contributed by atoms with Gasteiger partial charge in [0.2, 0.25) is 11.8 Å². The molecule has 1 rings (SSSR count). The number of benzene rings is 1. The molecule has 3 amide bonds. The van der Waals surface area contributed by atoms with E-state index >= 15 is 0 Å². The minimum atomic E-state index is -1.30. The molecule has 0 bridgehead atoms. The van der Waals surface area contributed by atoms with Crippen LogP contribution in [0.2, 0.25) is 0 Å². The van der Waals surface area contributed by atoms with Gasteiger partial charge >= 0.3 is 6.09 Å². The third-order valence-electron chi connectivity index (χ3n) is 4.40. The van der Waals surface area contributed by atoms with Crippen molar-refractivity contribution in [1.82, 2.24) is 15.5 Å². The molecule has 0 fully saturated rings. The fraction of sp³-hybridized carbons (Fsp3) is 0.560. The molecule has 0 aliphatic heterocycles. The van der Waals surface area contributed by atoms with E-state index in [1.165, 1.54) is 11.0 Å². The number of aryl methyl sites for hydroxylation is 2. The van der Waals surface area contributed by atoms with Crippen LogP contribution in [0.5, 0.6) is 0 Å². The summed E-state index contributed by atoms with van der Waals surface area (Å²) in [5.41, 5.74) is 1.19. The number of alkyl carbamates (subject to hydrolysis) is 1. The van der Waals surface area contributed by atoms with Gasteiger partial charge in [-0.2, -0.15) is 0 Å². The van der Waals surface area contributed by atoms with Crippen molar-refractivity contribution < 1.29 is 24.2 Å². The van der Waals surface area contributed by atoms with Crippen LogP contribution >= 0.6 is 0 Å². The van der Waals surface area contributed by atoms with Crippen LogP contribution in [0.3, 0.4) is 0 Å². The van der Waals surface area contributed by atoms with Gasteiger partial charge in [0, 0.05) is 12.1 Å². The maximum absolute atomic E-state index is 13.5. The molecule has 2 unspecified atom stereocenters. The third-order valence-corrected chi connectivity index (χ3v) is 4.40. The number of nitrogens with one attached hydrogen (secondary N) is 2. The number of hydrogen-bond acceptors (Lipinski definition) is 5. The monoisotopic (exact) mass is 461 g/mol. The molecule has 0 radical (unpaired) electrons. The Kier molecular flexibility index (Phi) is 9.66. The van der Waals surface area contributed by atoms with Crippen LogP contribution in [0.25, 0.3) is 0 Å². The van der Waals surface area contributed by atoms with Gasteiger partial charge in [-0.3, -0.25) is 9.59 Å². The lowest BCUT2D eigenvalue weighted by Gasteiger charge is -2.35. The van der Waals surface area contributed by atoms with E-state index in [0.717, 1.165) is 11.1 Å². The Morgan fingerprint density at radius 3 is 2.06 bits per heavy atom. The van der Waals surface area contributed by atoms with Crippen molar-refractivity contribution in [3.05, 3.63) is 47.5 Å². The van der Waals surface area contributed by atoms with Crippen LogP contribution in [0, 0.1) is 13.8 Å². The molecular formula is C25H39N3O5. The number of aliphatic hydroxyl groups excluding tert-OH is 1. The fourth-order valence-electron chi connectivity index (χ4n) is 3.38. The van der Waals surface area contributed by atoms with Crippen molar-refractivity contribution >= 4 is 17.9 Å². The summed E-state index contributed by atoms with van der Waals surface area (Å²) in [4.78, 5) is 40.5. The number of hydrogen-bond donors (Lipinski definition) is 3. The van der Waals surface area contributed by atoms with E-state index in [-0.39, 0.29) is 12.5 Å². The minimum Gasteiger partial charge on any atom is -0.444 e. The first-order valence-corrected chi connectivity index (χ1v) is 11.0. The zero-order valence-corrected chi connectivity index (χ0v) is 21.1. The molecule has 0 aliphatic carbocycles. The molecule has 8 nitrogen and oxygen atoms in total. The summed E-state index contributed by atoms with van der Waals surface area (Å²) in [6, 6.07) is 3.37. The molecule has 1 aromatic rings. The maximum atomic E-state index is 13.5. The number of rotatable bonds is 8. The van der Waals surface area contributed by atoms with Crippen LogP contribution < -0.4 is 10.6 Å². The molecule has 0 saturated carbocycles.